The lowest BCUT2D eigenvalue weighted by atomic mass is 10.2. The van der Waals surface area contributed by atoms with E-state index in [1.807, 2.05) is 0 Å². The van der Waals surface area contributed by atoms with E-state index >= 15 is 0 Å². The predicted octanol–water partition coefficient (Wildman–Crippen LogP) is 5.10. The summed E-state index contributed by atoms with van der Waals surface area (Å²) >= 11 is 6.51. The zero-order chi connectivity index (χ0) is 13.1. The Morgan fingerprint density at radius 1 is 1.06 bits per heavy atom. The van der Waals surface area contributed by atoms with Crippen molar-refractivity contribution in [2.45, 2.75) is 6.54 Å². The number of hydrogen-bond donors (Lipinski definition) is 1. The Morgan fingerprint density at radius 2 is 1.83 bits per heavy atom. The second kappa shape index (κ2) is 5.80. The van der Waals surface area contributed by atoms with Crippen molar-refractivity contribution < 1.29 is 8.78 Å². The van der Waals surface area contributed by atoms with E-state index in [9.17, 15) is 8.78 Å². The molecule has 5 heteroatoms. The quantitative estimate of drug-likeness (QED) is 0.785. The van der Waals surface area contributed by atoms with E-state index in [-0.39, 0.29) is 11.6 Å². The molecule has 0 radical (unpaired) electrons. The Morgan fingerprint density at radius 3 is 2.61 bits per heavy atom. The summed E-state index contributed by atoms with van der Waals surface area (Å²) < 4.78 is 27.6. The summed E-state index contributed by atoms with van der Waals surface area (Å²) in [6.07, 6.45) is 0. The molecule has 0 bridgehead atoms. The number of hydrogen-bond acceptors (Lipinski definition) is 1. The summed E-state index contributed by atoms with van der Waals surface area (Å²) in [5.41, 5.74) is 1.40. The van der Waals surface area contributed by atoms with Gasteiger partial charge in [-0.2, -0.15) is 0 Å². The Bertz CT molecular complexity index is 571. The molecule has 0 aliphatic rings. The predicted molar refractivity (Wildman–Crippen MR) is 75.5 cm³/mol. The van der Waals surface area contributed by atoms with Gasteiger partial charge >= 0.3 is 0 Å². The summed E-state index contributed by atoms with van der Waals surface area (Å²) in [5.74, 6) is -0.633. The minimum Gasteiger partial charge on any atom is -0.380 e. The van der Waals surface area contributed by atoms with E-state index < -0.39 is 0 Å². The van der Waals surface area contributed by atoms with Crippen LogP contribution in [-0.4, -0.2) is 0 Å². The first kappa shape index (κ1) is 13.5. The minimum absolute atomic E-state index is 0.312. The molecule has 0 saturated heterocycles. The van der Waals surface area contributed by atoms with Gasteiger partial charge in [-0.1, -0.05) is 12.1 Å². The van der Waals surface area contributed by atoms with Crippen molar-refractivity contribution in [2.75, 3.05) is 5.32 Å². The van der Waals surface area contributed by atoms with Gasteiger partial charge in [-0.15, -0.1) is 0 Å². The maximum absolute atomic E-state index is 13.3. The van der Waals surface area contributed by atoms with E-state index in [0.29, 0.717) is 16.7 Å². The molecule has 0 atom stereocenters. The van der Waals surface area contributed by atoms with Gasteiger partial charge < -0.3 is 5.32 Å². The third kappa shape index (κ3) is 3.09. The largest absolute Gasteiger partial charge is 0.380 e. The maximum Gasteiger partial charge on any atom is 0.137 e. The highest BCUT2D eigenvalue weighted by Crippen LogP contribution is 2.25. The van der Waals surface area contributed by atoms with Crippen molar-refractivity contribution in [3.8, 4) is 0 Å². The Kier molecular flexibility index (Phi) is 4.35. The van der Waals surface area contributed by atoms with Gasteiger partial charge in [0.2, 0.25) is 0 Å². The van der Waals surface area contributed by atoms with E-state index in [1.165, 1.54) is 18.2 Å². The topological polar surface area (TPSA) is 12.0 Å². The van der Waals surface area contributed by atoms with Gasteiger partial charge in [0.1, 0.15) is 11.6 Å². The molecule has 0 aromatic heterocycles. The second-order valence-corrected chi connectivity index (χ2v) is 5.34. The lowest BCUT2D eigenvalue weighted by Gasteiger charge is -2.10. The van der Waals surface area contributed by atoms with Crippen LogP contribution in [0.3, 0.4) is 0 Å². The zero-order valence-electron chi connectivity index (χ0n) is 9.18. The zero-order valence-corrected chi connectivity index (χ0v) is 12.4. The van der Waals surface area contributed by atoms with Crippen LogP contribution in [0.2, 0.25) is 0 Å². The minimum atomic E-state index is -0.320. The Labute approximate surface area is 120 Å². The molecule has 94 valence electrons. The summed E-state index contributed by atoms with van der Waals surface area (Å²) in [6.45, 7) is 0.403. The standard InChI is InChI=1S/C13H9Br2F2N/c14-10-5-4-9(16)6-12(10)18-7-8-2-1-3-11(17)13(8)15/h1-6,18H,7H2. The monoisotopic (exact) mass is 375 g/mol. The van der Waals surface area contributed by atoms with Crippen molar-refractivity contribution in [3.63, 3.8) is 0 Å². The Hall–Kier alpha value is -0.940. The molecule has 1 N–H and O–H groups in total. The fourth-order valence-electron chi connectivity index (χ4n) is 1.51. The van der Waals surface area contributed by atoms with Gasteiger partial charge in [0.25, 0.3) is 0 Å². The SMILES string of the molecule is Fc1ccc(Br)c(NCc2cccc(F)c2Br)c1. The van der Waals surface area contributed by atoms with Gasteiger partial charge in [0.05, 0.1) is 10.2 Å². The molecule has 0 spiro atoms. The molecule has 0 saturated carbocycles. The molecule has 0 unspecified atom stereocenters. The third-order valence-electron chi connectivity index (χ3n) is 2.43. The molecule has 1 nitrogen and oxygen atoms in total. The van der Waals surface area contributed by atoms with Crippen LogP contribution in [0, 0.1) is 11.6 Å². The van der Waals surface area contributed by atoms with E-state index in [4.69, 9.17) is 0 Å². The third-order valence-corrected chi connectivity index (χ3v) is 4.01. The highest BCUT2D eigenvalue weighted by Gasteiger charge is 2.06. The van der Waals surface area contributed by atoms with Crippen LogP contribution in [0.25, 0.3) is 0 Å². The fourth-order valence-corrected chi connectivity index (χ4v) is 2.30. The lowest BCUT2D eigenvalue weighted by Crippen LogP contribution is -2.02. The number of anilines is 1. The van der Waals surface area contributed by atoms with Gasteiger partial charge in [-0.25, -0.2) is 8.78 Å². The van der Waals surface area contributed by atoms with Gasteiger partial charge in [-0.05, 0) is 61.7 Å². The number of nitrogens with one attached hydrogen (secondary N) is 1. The van der Waals surface area contributed by atoms with Crippen molar-refractivity contribution in [3.05, 3.63) is 62.5 Å². The first-order chi connectivity index (χ1) is 8.58. The van der Waals surface area contributed by atoms with Gasteiger partial charge in [-0.3, -0.25) is 0 Å². The average molecular weight is 377 g/mol. The number of halogens is 4. The molecular weight excluding hydrogens is 368 g/mol. The Balaban J connectivity index is 2.16. The van der Waals surface area contributed by atoms with Crippen LogP contribution in [0.1, 0.15) is 5.56 Å². The molecule has 18 heavy (non-hydrogen) atoms. The van der Waals surface area contributed by atoms with Crippen molar-refractivity contribution in [2.24, 2.45) is 0 Å². The van der Waals surface area contributed by atoms with Gasteiger partial charge in [0, 0.05) is 11.0 Å². The highest BCUT2D eigenvalue weighted by molar-refractivity contribution is 9.11. The van der Waals surface area contributed by atoms with Crippen LogP contribution in [0.4, 0.5) is 14.5 Å². The summed E-state index contributed by atoms with van der Waals surface area (Å²) in [5, 5.41) is 3.05. The van der Waals surface area contributed by atoms with Crippen LogP contribution in [0.5, 0.6) is 0 Å². The molecule has 0 heterocycles. The van der Waals surface area contributed by atoms with E-state index in [1.54, 1.807) is 18.2 Å². The molecule has 0 aliphatic carbocycles. The molecule has 0 aliphatic heterocycles. The normalized spacial score (nSPS) is 10.4. The van der Waals surface area contributed by atoms with Crippen molar-refractivity contribution >= 4 is 37.5 Å². The lowest BCUT2D eigenvalue weighted by molar-refractivity contribution is 0.618. The molecule has 2 aromatic rings. The fraction of sp³-hybridized carbons (Fsp3) is 0.0769. The molecule has 2 rings (SSSR count). The summed E-state index contributed by atoms with van der Waals surface area (Å²) in [6, 6.07) is 9.19. The number of benzene rings is 2. The first-order valence-electron chi connectivity index (χ1n) is 5.20. The van der Waals surface area contributed by atoms with E-state index in [0.717, 1.165) is 10.0 Å². The molecule has 2 aromatic carbocycles. The van der Waals surface area contributed by atoms with Crippen LogP contribution >= 0.6 is 31.9 Å². The van der Waals surface area contributed by atoms with E-state index in [2.05, 4.69) is 37.2 Å². The van der Waals surface area contributed by atoms with Crippen molar-refractivity contribution in [1.82, 2.24) is 0 Å². The first-order valence-corrected chi connectivity index (χ1v) is 6.78. The summed E-state index contributed by atoms with van der Waals surface area (Å²) in [4.78, 5) is 0. The molecule has 0 amide bonds. The smallest absolute Gasteiger partial charge is 0.137 e. The van der Waals surface area contributed by atoms with Crippen LogP contribution < -0.4 is 5.32 Å². The van der Waals surface area contributed by atoms with Crippen molar-refractivity contribution in [1.29, 1.82) is 0 Å². The average Bonchev–Trinajstić information content (AvgIpc) is 2.35. The number of rotatable bonds is 3. The van der Waals surface area contributed by atoms with Crippen LogP contribution in [-0.2, 0) is 6.54 Å². The summed E-state index contributed by atoms with van der Waals surface area (Å²) in [7, 11) is 0. The second-order valence-electron chi connectivity index (χ2n) is 3.69. The maximum atomic E-state index is 13.3. The van der Waals surface area contributed by atoms with Gasteiger partial charge in [0.15, 0.2) is 0 Å². The molecule has 0 fully saturated rings. The molecular formula is C13H9Br2F2N. The highest BCUT2D eigenvalue weighted by atomic mass is 79.9. The van der Waals surface area contributed by atoms with Crippen LogP contribution in [0.15, 0.2) is 45.3 Å².